The summed E-state index contributed by atoms with van der Waals surface area (Å²) in [7, 11) is 1.21. The maximum atomic E-state index is 15.3. The first-order valence-electron chi connectivity index (χ1n) is 13.3. The summed E-state index contributed by atoms with van der Waals surface area (Å²) in [6, 6.07) is 4.32. The number of aldehydes is 1. The number of hydrogen-bond acceptors (Lipinski definition) is 7. The number of carbonyl (C=O) groups is 3. The van der Waals surface area contributed by atoms with Crippen LogP contribution in [0.2, 0.25) is 0 Å². The molecular weight excluding hydrogens is 498 g/mol. The molecule has 38 heavy (non-hydrogen) atoms. The summed E-state index contributed by atoms with van der Waals surface area (Å²) in [5, 5.41) is 0. The van der Waals surface area contributed by atoms with Crippen LogP contribution in [0, 0.1) is 0 Å². The van der Waals surface area contributed by atoms with Crippen molar-refractivity contribution in [2.45, 2.75) is 88.6 Å². The molecule has 2 heterocycles. The molecule has 0 N–H and O–H groups in total. The molecule has 1 aliphatic carbocycles. The number of likely N-dealkylation sites (tertiary alicyclic amines) is 2. The van der Waals surface area contributed by atoms with E-state index in [1.807, 2.05) is 25.7 Å². The molecule has 1 aromatic carbocycles. The van der Waals surface area contributed by atoms with E-state index in [9.17, 15) is 14.4 Å². The number of amides is 1. The van der Waals surface area contributed by atoms with E-state index in [0.717, 1.165) is 25.7 Å². The molecule has 1 amide bonds. The van der Waals surface area contributed by atoms with E-state index in [0.29, 0.717) is 31.5 Å². The number of carbonyl (C=O) groups excluding carboxylic acids is 3. The fourth-order valence-electron chi connectivity index (χ4n) is 5.60. The maximum Gasteiger partial charge on any atom is 0.410 e. The number of halogens is 2. The number of alkyl halides is 2. The number of esters is 1. The van der Waals surface area contributed by atoms with E-state index in [4.69, 9.17) is 9.47 Å². The van der Waals surface area contributed by atoms with Gasteiger partial charge >= 0.3 is 12.1 Å². The Bertz CT molecular complexity index is 1030. The molecule has 8 nitrogen and oxygen atoms in total. The van der Waals surface area contributed by atoms with Crippen LogP contribution in [0.15, 0.2) is 18.2 Å². The van der Waals surface area contributed by atoms with Crippen LogP contribution in [-0.2, 0) is 14.2 Å². The Labute approximate surface area is 222 Å². The summed E-state index contributed by atoms with van der Waals surface area (Å²) in [5.74, 6) is -4.66. The summed E-state index contributed by atoms with van der Waals surface area (Å²) >= 11 is 0. The van der Waals surface area contributed by atoms with E-state index in [1.54, 1.807) is 4.90 Å². The predicted molar refractivity (Wildman–Crippen MR) is 136 cm³/mol. The first-order valence-corrected chi connectivity index (χ1v) is 13.3. The van der Waals surface area contributed by atoms with Crippen molar-refractivity contribution in [2.24, 2.45) is 0 Å². The molecule has 2 saturated heterocycles. The molecule has 10 heteroatoms. The number of piperidine rings is 2. The van der Waals surface area contributed by atoms with Crippen molar-refractivity contribution < 1.29 is 37.4 Å². The van der Waals surface area contributed by atoms with Gasteiger partial charge in [-0.1, -0.05) is 6.07 Å². The molecule has 210 valence electrons. The standard InChI is InChI=1S/C28H38F2N2O6/c1-27(2,3)38-26(35)31-10-7-21(8-11-31)37-22-14-20(15-22)32-12-9-24(28(29,30)17-32)18-5-6-23(25(34)36-4)19(13-18)16-33/h5-6,13,16,20-22,24H,7-12,14-15,17H2,1-4H3. The molecule has 2 aliphatic heterocycles. The highest BCUT2D eigenvalue weighted by Crippen LogP contribution is 2.43. The molecule has 3 fully saturated rings. The van der Waals surface area contributed by atoms with Crippen molar-refractivity contribution in [3.05, 3.63) is 34.9 Å². The summed E-state index contributed by atoms with van der Waals surface area (Å²) in [6.07, 6.45) is 3.48. The van der Waals surface area contributed by atoms with E-state index >= 15 is 8.78 Å². The quantitative estimate of drug-likeness (QED) is 0.386. The zero-order chi connectivity index (χ0) is 27.7. The smallest absolute Gasteiger partial charge is 0.410 e. The lowest BCUT2D eigenvalue weighted by Crippen LogP contribution is -2.57. The highest BCUT2D eigenvalue weighted by Gasteiger charge is 2.49. The third-order valence-corrected chi connectivity index (χ3v) is 7.70. The first-order chi connectivity index (χ1) is 17.9. The van der Waals surface area contributed by atoms with Crippen LogP contribution in [0.25, 0.3) is 0 Å². The van der Waals surface area contributed by atoms with Gasteiger partial charge in [0.25, 0.3) is 5.92 Å². The number of hydrogen-bond donors (Lipinski definition) is 0. The summed E-state index contributed by atoms with van der Waals surface area (Å²) in [4.78, 5) is 39.1. The number of ether oxygens (including phenoxy) is 3. The van der Waals surface area contributed by atoms with Gasteiger partial charge in [0, 0.05) is 24.7 Å². The van der Waals surface area contributed by atoms with Gasteiger partial charge in [-0.2, -0.15) is 0 Å². The SMILES string of the molecule is COC(=O)c1ccc(C2CCN(C3CC(OC4CCN(C(=O)OC(C)(C)C)CC4)C3)CC2(F)F)cc1C=O. The second-order valence-electron chi connectivity index (χ2n) is 11.6. The molecular formula is C28H38F2N2O6. The van der Waals surface area contributed by atoms with Gasteiger partial charge < -0.3 is 19.1 Å². The summed E-state index contributed by atoms with van der Waals surface area (Å²) < 4.78 is 46.9. The Morgan fingerprint density at radius 2 is 1.74 bits per heavy atom. The van der Waals surface area contributed by atoms with Crippen LogP contribution in [0.3, 0.4) is 0 Å². The van der Waals surface area contributed by atoms with Crippen LogP contribution in [0.1, 0.15) is 85.1 Å². The van der Waals surface area contributed by atoms with Crippen LogP contribution < -0.4 is 0 Å². The zero-order valence-corrected chi connectivity index (χ0v) is 22.6. The highest BCUT2D eigenvalue weighted by atomic mass is 19.3. The summed E-state index contributed by atoms with van der Waals surface area (Å²) in [5.41, 5.74) is -0.0343. The topological polar surface area (TPSA) is 85.4 Å². The Kier molecular flexibility index (Phi) is 8.42. The molecule has 0 radical (unpaired) electrons. The molecule has 3 aliphatic rings. The lowest BCUT2D eigenvalue weighted by atomic mass is 9.81. The highest BCUT2D eigenvalue weighted by molar-refractivity contribution is 5.98. The molecule has 1 unspecified atom stereocenters. The Balaban J connectivity index is 1.24. The van der Waals surface area contributed by atoms with Crippen LogP contribution >= 0.6 is 0 Å². The van der Waals surface area contributed by atoms with Gasteiger partial charge in [-0.05, 0) is 77.1 Å². The first kappa shape index (κ1) is 28.4. The van der Waals surface area contributed by atoms with E-state index < -0.39 is 23.4 Å². The predicted octanol–water partition coefficient (Wildman–Crippen LogP) is 4.66. The van der Waals surface area contributed by atoms with Crippen LogP contribution in [0.5, 0.6) is 0 Å². The Morgan fingerprint density at radius 1 is 1.05 bits per heavy atom. The Hall–Kier alpha value is -2.59. The van der Waals surface area contributed by atoms with Crippen molar-refractivity contribution >= 4 is 18.3 Å². The van der Waals surface area contributed by atoms with Gasteiger partial charge in [0.05, 0.1) is 37.3 Å². The van der Waals surface area contributed by atoms with Crippen molar-refractivity contribution in [2.75, 3.05) is 33.3 Å². The van der Waals surface area contributed by atoms with Gasteiger partial charge in [-0.3, -0.25) is 9.69 Å². The number of methoxy groups -OCH3 is 1. The van der Waals surface area contributed by atoms with Crippen molar-refractivity contribution in [3.8, 4) is 0 Å². The zero-order valence-electron chi connectivity index (χ0n) is 22.6. The van der Waals surface area contributed by atoms with Gasteiger partial charge in [0.15, 0.2) is 6.29 Å². The van der Waals surface area contributed by atoms with E-state index in [2.05, 4.69) is 4.74 Å². The van der Waals surface area contributed by atoms with E-state index in [1.165, 1.54) is 25.3 Å². The minimum Gasteiger partial charge on any atom is -0.465 e. The molecule has 4 rings (SSSR count). The molecule has 1 saturated carbocycles. The Morgan fingerprint density at radius 3 is 2.32 bits per heavy atom. The number of benzene rings is 1. The second kappa shape index (κ2) is 11.3. The minimum atomic E-state index is -2.97. The van der Waals surface area contributed by atoms with Crippen molar-refractivity contribution in [1.82, 2.24) is 9.80 Å². The molecule has 0 bridgehead atoms. The van der Waals surface area contributed by atoms with Crippen LogP contribution in [-0.4, -0.2) is 91.2 Å². The fourth-order valence-corrected chi connectivity index (χ4v) is 5.60. The van der Waals surface area contributed by atoms with Crippen LogP contribution in [0.4, 0.5) is 13.6 Å². The largest absolute Gasteiger partial charge is 0.465 e. The van der Waals surface area contributed by atoms with Crippen molar-refractivity contribution in [1.29, 1.82) is 0 Å². The second-order valence-corrected chi connectivity index (χ2v) is 11.6. The molecule has 0 spiro atoms. The van der Waals surface area contributed by atoms with E-state index in [-0.39, 0.29) is 48.4 Å². The normalized spacial score (nSPS) is 26.4. The van der Waals surface area contributed by atoms with Gasteiger partial charge in [-0.25, -0.2) is 18.4 Å². The number of rotatable bonds is 6. The third-order valence-electron chi connectivity index (χ3n) is 7.70. The van der Waals surface area contributed by atoms with Crippen molar-refractivity contribution in [3.63, 3.8) is 0 Å². The van der Waals surface area contributed by atoms with Gasteiger partial charge in [0.2, 0.25) is 0 Å². The lowest BCUT2D eigenvalue weighted by molar-refractivity contribution is -0.138. The lowest BCUT2D eigenvalue weighted by Gasteiger charge is -2.48. The van der Waals surface area contributed by atoms with Gasteiger partial charge in [-0.15, -0.1) is 0 Å². The summed E-state index contributed by atoms with van der Waals surface area (Å²) in [6.45, 7) is 6.89. The monoisotopic (exact) mass is 536 g/mol. The molecule has 1 aromatic rings. The molecule has 0 aromatic heterocycles. The number of nitrogens with zero attached hydrogens (tertiary/aromatic N) is 2. The average Bonchev–Trinajstić information content (AvgIpc) is 2.83. The van der Waals surface area contributed by atoms with Gasteiger partial charge in [0.1, 0.15) is 5.60 Å². The maximum absolute atomic E-state index is 15.3. The fraction of sp³-hybridized carbons (Fsp3) is 0.679. The minimum absolute atomic E-state index is 0.0467. The molecule has 1 atom stereocenters. The third kappa shape index (κ3) is 6.51. The average molecular weight is 537 g/mol.